The van der Waals surface area contributed by atoms with E-state index in [4.69, 9.17) is 0 Å². The molecule has 0 bridgehead atoms. The lowest BCUT2D eigenvalue weighted by molar-refractivity contribution is 0.557. The quantitative estimate of drug-likeness (QED) is 0.625. The van der Waals surface area contributed by atoms with E-state index in [2.05, 4.69) is 64.5 Å². The van der Waals surface area contributed by atoms with Gasteiger partial charge in [-0.15, -0.1) is 22.7 Å². The van der Waals surface area contributed by atoms with Crippen LogP contribution in [0.1, 0.15) is 29.6 Å². The predicted molar refractivity (Wildman–Crippen MR) is 94.4 cm³/mol. The maximum atomic E-state index is 4.31. The lowest BCUT2D eigenvalue weighted by Gasteiger charge is -2.19. The monoisotopic (exact) mass is 321 g/mol. The number of thiophene rings is 2. The van der Waals surface area contributed by atoms with Crippen LogP contribution in [-0.2, 0) is 6.42 Å². The molecule has 5 heteroatoms. The molecule has 0 fully saturated rings. The van der Waals surface area contributed by atoms with Crippen LogP contribution < -0.4 is 10.6 Å². The Morgan fingerprint density at radius 2 is 1.95 bits per heavy atom. The first-order valence-electron chi connectivity index (χ1n) is 7.22. The van der Waals surface area contributed by atoms with Gasteiger partial charge in [0.05, 0.1) is 6.04 Å². The first-order chi connectivity index (χ1) is 10.2. The molecule has 2 heterocycles. The molecule has 2 N–H and O–H groups in total. The summed E-state index contributed by atoms with van der Waals surface area (Å²) in [6, 6.07) is 8.83. The Bertz CT molecular complexity index is 532. The molecule has 0 saturated heterocycles. The molecule has 0 spiro atoms. The molecule has 2 aromatic rings. The van der Waals surface area contributed by atoms with Gasteiger partial charge in [-0.1, -0.05) is 19.1 Å². The first-order valence-corrected chi connectivity index (χ1v) is 8.98. The molecule has 0 saturated carbocycles. The zero-order valence-corrected chi connectivity index (χ0v) is 14.4. The lowest BCUT2D eigenvalue weighted by Crippen LogP contribution is -2.40. The molecule has 2 unspecified atom stereocenters. The largest absolute Gasteiger partial charge is 0.356 e. The van der Waals surface area contributed by atoms with Crippen LogP contribution in [0.4, 0.5) is 0 Å². The highest BCUT2D eigenvalue weighted by Crippen LogP contribution is 2.18. The zero-order chi connectivity index (χ0) is 15.1. The normalized spacial score (nSPS) is 14.7. The number of nitrogens with zero attached hydrogens (tertiary/aromatic N) is 1. The Morgan fingerprint density at radius 1 is 1.19 bits per heavy atom. The van der Waals surface area contributed by atoms with Gasteiger partial charge in [-0.05, 0) is 42.2 Å². The van der Waals surface area contributed by atoms with Crippen LogP contribution in [0.2, 0.25) is 0 Å². The van der Waals surface area contributed by atoms with Gasteiger partial charge < -0.3 is 10.6 Å². The summed E-state index contributed by atoms with van der Waals surface area (Å²) in [6.45, 7) is 5.35. The van der Waals surface area contributed by atoms with Crippen molar-refractivity contribution in [2.45, 2.75) is 26.3 Å². The van der Waals surface area contributed by atoms with E-state index in [1.165, 1.54) is 9.75 Å². The molecule has 0 aliphatic carbocycles. The molecule has 0 radical (unpaired) electrons. The first kappa shape index (κ1) is 16.0. The third kappa shape index (κ3) is 5.17. The summed E-state index contributed by atoms with van der Waals surface area (Å²) in [5, 5.41) is 11.1. The Labute approximate surface area is 135 Å². The van der Waals surface area contributed by atoms with Crippen molar-refractivity contribution < 1.29 is 0 Å². The van der Waals surface area contributed by atoms with Crippen LogP contribution >= 0.6 is 22.7 Å². The molecular formula is C16H23N3S2. The van der Waals surface area contributed by atoms with E-state index in [-0.39, 0.29) is 6.04 Å². The van der Waals surface area contributed by atoms with Crippen molar-refractivity contribution in [2.24, 2.45) is 10.9 Å². The fourth-order valence-corrected chi connectivity index (χ4v) is 3.73. The van der Waals surface area contributed by atoms with Crippen LogP contribution in [-0.4, -0.2) is 19.6 Å². The maximum absolute atomic E-state index is 4.31. The van der Waals surface area contributed by atoms with Gasteiger partial charge in [-0.2, -0.15) is 0 Å². The highest BCUT2D eigenvalue weighted by molar-refractivity contribution is 7.10. The van der Waals surface area contributed by atoms with E-state index in [1.807, 2.05) is 18.4 Å². The predicted octanol–water partition coefficient (Wildman–Crippen LogP) is 3.91. The third-order valence-electron chi connectivity index (χ3n) is 3.29. The Morgan fingerprint density at radius 3 is 2.57 bits per heavy atom. The topological polar surface area (TPSA) is 36.4 Å². The minimum absolute atomic E-state index is 0.281. The minimum atomic E-state index is 0.281. The summed E-state index contributed by atoms with van der Waals surface area (Å²) < 4.78 is 0. The molecular weight excluding hydrogens is 298 g/mol. The molecule has 2 rings (SSSR count). The molecule has 2 aromatic heterocycles. The maximum Gasteiger partial charge on any atom is 0.191 e. The zero-order valence-electron chi connectivity index (χ0n) is 12.8. The molecule has 0 aliphatic rings. The van der Waals surface area contributed by atoms with Gasteiger partial charge in [0.25, 0.3) is 0 Å². The van der Waals surface area contributed by atoms with Crippen LogP contribution in [0.5, 0.6) is 0 Å². The number of aliphatic imine (C=N–C) groups is 1. The van der Waals surface area contributed by atoms with E-state index >= 15 is 0 Å². The van der Waals surface area contributed by atoms with E-state index in [0.717, 1.165) is 18.9 Å². The van der Waals surface area contributed by atoms with Crippen molar-refractivity contribution in [1.82, 2.24) is 10.6 Å². The molecule has 0 amide bonds. The highest BCUT2D eigenvalue weighted by atomic mass is 32.1. The van der Waals surface area contributed by atoms with Crippen molar-refractivity contribution in [3.05, 3.63) is 44.8 Å². The van der Waals surface area contributed by atoms with Gasteiger partial charge in [0, 0.05) is 23.3 Å². The minimum Gasteiger partial charge on any atom is -0.356 e. The molecule has 0 aromatic carbocycles. The van der Waals surface area contributed by atoms with Gasteiger partial charge in [-0.3, -0.25) is 4.99 Å². The Balaban J connectivity index is 1.77. The van der Waals surface area contributed by atoms with Crippen LogP contribution in [0.15, 0.2) is 40.0 Å². The fraction of sp³-hybridized carbons (Fsp3) is 0.438. The third-order valence-corrected chi connectivity index (χ3v) is 5.25. The van der Waals surface area contributed by atoms with Gasteiger partial charge in [0.15, 0.2) is 5.96 Å². The molecule has 21 heavy (non-hydrogen) atoms. The second-order valence-electron chi connectivity index (χ2n) is 5.22. The molecule has 2 atom stereocenters. The van der Waals surface area contributed by atoms with E-state index in [0.29, 0.717) is 5.92 Å². The Kier molecular flexibility index (Phi) is 6.26. The van der Waals surface area contributed by atoms with Gasteiger partial charge in [0.1, 0.15) is 0 Å². The summed E-state index contributed by atoms with van der Waals surface area (Å²) in [5.41, 5.74) is 0. The lowest BCUT2D eigenvalue weighted by atomic mass is 10.1. The average molecular weight is 322 g/mol. The second kappa shape index (κ2) is 8.20. The van der Waals surface area contributed by atoms with Crippen molar-refractivity contribution in [1.29, 1.82) is 0 Å². The number of rotatable bonds is 6. The van der Waals surface area contributed by atoms with Gasteiger partial charge in [-0.25, -0.2) is 0 Å². The highest BCUT2D eigenvalue weighted by Gasteiger charge is 2.10. The SMILES string of the molecule is CN=C(NCC(C)Cc1cccs1)NC(C)c1cccs1. The standard InChI is InChI=1S/C16H23N3S2/c1-12(10-14-6-4-8-20-14)11-18-16(17-3)19-13(2)15-7-5-9-21-15/h4-9,12-13H,10-11H2,1-3H3,(H2,17,18,19). The van der Waals surface area contributed by atoms with Crippen LogP contribution in [0.3, 0.4) is 0 Å². The van der Waals surface area contributed by atoms with Gasteiger partial charge in [0.2, 0.25) is 0 Å². The summed E-state index contributed by atoms with van der Waals surface area (Å²) in [4.78, 5) is 7.08. The number of guanidine groups is 1. The summed E-state index contributed by atoms with van der Waals surface area (Å²) in [7, 11) is 1.82. The van der Waals surface area contributed by atoms with Crippen LogP contribution in [0.25, 0.3) is 0 Å². The fourth-order valence-electron chi connectivity index (χ4n) is 2.12. The second-order valence-corrected chi connectivity index (χ2v) is 7.23. The summed E-state index contributed by atoms with van der Waals surface area (Å²) >= 11 is 3.59. The Hall–Kier alpha value is -1.33. The number of hydrogen-bond donors (Lipinski definition) is 2. The van der Waals surface area contributed by atoms with Crippen molar-refractivity contribution in [3.63, 3.8) is 0 Å². The molecule has 0 aliphatic heterocycles. The number of nitrogens with one attached hydrogen (secondary N) is 2. The van der Waals surface area contributed by atoms with Crippen molar-refractivity contribution in [3.8, 4) is 0 Å². The van der Waals surface area contributed by atoms with Crippen LogP contribution in [0, 0.1) is 5.92 Å². The van der Waals surface area contributed by atoms with Gasteiger partial charge >= 0.3 is 0 Å². The van der Waals surface area contributed by atoms with E-state index in [9.17, 15) is 0 Å². The summed E-state index contributed by atoms with van der Waals surface area (Å²) in [6.07, 6.45) is 1.11. The van der Waals surface area contributed by atoms with E-state index in [1.54, 1.807) is 11.3 Å². The van der Waals surface area contributed by atoms with Crippen molar-refractivity contribution in [2.75, 3.05) is 13.6 Å². The molecule has 3 nitrogen and oxygen atoms in total. The van der Waals surface area contributed by atoms with E-state index < -0.39 is 0 Å². The smallest absolute Gasteiger partial charge is 0.191 e. The van der Waals surface area contributed by atoms with Crippen molar-refractivity contribution >= 4 is 28.6 Å². The molecule has 114 valence electrons. The average Bonchev–Trinajstić information content (AvgIpc) is 3.15. The summed E-state index contributed by atoms with van der Waals surface area (Å²) in [5.74, 6) is 1.45. The number of hydrogen-bond acceptors (Lipinski definition) is 3.